The highest BCUT2D eigenvalue weighted by molar-refractivity contribution is 7.80. The standard InChI is InChI=1S/C13H20N4S/c1-3-9-10(4-2)16-17-13(11(9)12(14)18)15-8-6-5-7-8/h8H,3-7H2,1-2H3,(H2,14,18)(H,15,17). The number of aromatic nitrogens is 2. The highest BCUT2D eigenvalue weighted by Gasteiger charge is 2.22. The van der Waals surface area contributed by atoms with Gasteiger partial charge in [-0.25, -0.2) is 0 Å². The number of nitrogens with zero attached hydrogens (tertiary/aromatic N) is 2. The third kappa shape index (κ3) is 2.46. The monoisotopic (exact) mass is 264 g/mol. The lowest BCUT2D eigenvalue weighted by Gasteiger charge is -2.28. The van der Waals surface area contributed by atoms with Gasteiger partial charge in [0.1, 0.15) is 4.99 Å². The number of nitrogens with two attached hydrogens (primary N) is 1. The first-order chi connectivity index (χ1) is 8.67. The third-order valence-corrected chi connectivity index (χ3v) is 3.74. The van der Waals surface area contributed by atoms with Gasteiger partial charge in [-0.05, 0) is 37.7 Å². The predicted molar refractivity (Wildman–Crippen MR) is 77.9 cm³/mol. The second-order valence-electron chi connectivity index (χ2n) is 4.69. The van der Waals surface area contributed by atoms with Gasteiger partial charge in [0.2, 0.25) is 0 Å². The van der Waals surface area contributed by atoms with E-state index in [-0.39, 0.29) is 0 Å². The van der Waals surface area contributed by atoms with E-state index in [0.29, 0.717) is 11.0 Å². The van der Waals surface area contributed by atoms with Gasteiger partial charge in [0, 0.05) is 6.04 Å². The molecule has 0 unspecified atom stereocenters. The molecule has 0 saturated heterocycles. The topological polar surface area (TPSA) is 63.8 Å². The van der Waals surface area contributed by atoms with Crippen LogP contribution >= 0.6 is 12.2 Å². The Labute approximate surface area is 113 Å². The molecule has 0 amide bonds. The van der Waals surface area contributed by atoms with Crippen LogP contribution in [0.15, 0.2) is 0 Å². The van der Waals surface area contributed by atoms with Crippen molar-refractivity contribution >= 4 is 23.0 Å². The minimum atomic E-state index is 0.415. The third-order valence-electron chi connectivity index (χ3n) is 3.54. The van der Waals surface area contributed by atoms with Gasteiger partial charge in [-0.15, -0.1) is 5.10 Å². The summed E-state index contributed by atoms with van der Waals surface area (Å²) in [4.78, 5) is 0.415. The Hall–Kier alpha value is -1.23. The largest absolute Gasteiger partial charge is 0.389 e. The van der Waals surface area contributed by atoms with Crippen molar-refractivity contribution in [3.05, 3.63) is 16.8 Å². The van der Waals surface area contributed by atoms with E-state index >= 15 is 0 Å². The maximum atomic E-state index is 5.87. The van der Waals surface area contributed by atoms with Crippen LogP contribution in [0.5, 0.6) is 0 Å². The Balaban J connectivity index is 2.41. The molecule has 0 spiro atoms. The first kappa shape index (κ1) is 13.2. The van der Waals surface area contributed by atoms with E-state index in [1.165, 1.54) is 19.3 Å². The van der Waals surface area contributed by atoms with Gasteiger partial charge in [-0.1, -0.05) is 26.1 Å². The molecule has 1 aliphatic carbocycles. The van der Waals surface area contributed by atoms with E-state index in [9.17, 15) is 0 Å². The van der Waals surface area contributed by atoms with Crippen LogP contribution in [0.1, 0.15) is 49.9 Å². The summed E-state index contributed by atoms with van der Waals surface area (Å²) in [5, 5.41) is 12.0. The Bertz CT molecular complexity index is 455. The predicted octanol–water partition coefficient (Wildman–Crippen LogP) is 2.20. The molecule has 18 heavy (non-hydrogen) atoms. The van der Waals surface area contributed by atoms with E-state index in [2.05, 4.69) is 29.4 Å². The Morgan fingerprint density at radius 1 is 1.33 bits per heavy atom. The van der Waals surface area contributed by atoms with Crippen molar-refractivity contribution in [1.29, 1.82) is 0 Å². The molecule has 1 fully saturated rings. The molecular weight excluding hydrogens is 244 g/mol. The maximum Gasteiger partial charge on any atom is 0.159 e. The van der Waals surface area contributed by atoms with Crippen LogP contribution < -0.4 is 11.1 Å². The number of aryl methyl sites for hydroxylation is 1. The summed E-state index contributed by atoms with van der Waals surface area (Å²) in [6, 6.07) is 0.504. The van der Waals surface area contributed by atoms with Crippen LogP contribution in [0, 0.1) is 0 Å². The molecule has 1 saturated carbocycles. The molecule has 2 rings (SSSR count). The van der Waals surface area contributed by atoms with E-state index < -0.39 is 0 Å². The molecule has 1 aliphatic rings. The lowest BCUT2D eigenvalue weighted by molar-refractivity contribution is 0.444. The Kier molecular flexibility index (Phi) is 4.11. The van der Waals surface area contributed by atoms with Crippen LogP contribution in [0.4, 0.5) is 5.82 Å². The van der Waals surface area contributed by atoms with Crippen molar-refractivity contribution in [2.24, 2.45) is 5.73 Å². The highest BCUT2D eigenvalue weighted by atomic mass is 32.1. The van der Waals surface area contributed by atoms with Gasteiger partial charge in [0.15, 0.2) is 5.82 Å². The normalized spacial score (nSPS) is 15.2. The highest BCUT2D eigenvalue weighted by Crippen LogP contribution is 2.26. The lowest BCUT2D eigenvalue weighted by Crippen LogP contribution is -2.30. The molecule has 0 atom stereocenters. The van der Waals surface area contributed by atoms with E-state index in [0.717, 1.165) is 35.5 Å². The van der Waals surface area contributed by atoms with Crippen LogP contribution in [-0.4, -0.2) is 21.2 Å². The molecule has 0 aliphatic heterocycles. The fraction of sp³-hybridized carbons (Fsp3) is 0.615. The van der Waals surface area contributed by atoms with Crippen molar-refractivity contribution in [3.8, 4) is 0 Å². The molecule has 3 N–H and O–H groups in total. The zero-order chi connectivity index (χ0) is 13.1. The summed E-state index contributed by atoms with van der Waals surface area (Å²) >= 11 is 5.19. The molecule has 1 aromatic heterocycles. The van der Waals surface area contributed by atoms with Crippen molar-refractivity contribution in [2.75, 3.05) is 5.32 Å². The average Bonchev–Trinajstić information content (AvgIpc) is 2.32. The number of hydrogen-bond donors (Lipinski definition) is 2. The fourth-order valence-electron chi connectivity index (χ4n) is 2.29. The van der Waals surface area contributed by atoms with E-state index in [4.69, 9.17) is 18.0 Å². The van der Waals surface area contributed by atoms with E-state index in [1.807, 2.05) is 0 Å². The van der Waals surface area contributed by atoms with Gasteiger partial charge in [-0.3, -0.25) is 0 Å². The number of rotatable bonds is 5. The molecule has 98 valence electrons. The molecule has 5 heteroatoms. The van der Waals surface area contributed by atoms with Crippen LogP contribution in [-0.2, 0) is 12.8 Å². The maximum absolute atomic E-state index is 5.87. The first-order valence-electron chi connectivity index (χ1n) is 6.62. The lowest BCUT2D eigenvalue weighted by atomic mass is 9.92. The average molecular weight is 264 g/mol. The summed E-state index contributed by atoms with van der Waals surface area (Å²) in [5.41, 5.74) is 8.91. The summed E-state index contributed by atoms with van der Waals surface area (Å²) < 4.78 is 0. The van der Waals surface area contributed by atoms with Crippen LogP contribution in [0.25, 0.3) is 0 Å². The molecular formula is C13H20N4S. The Morgan fingerprint density at radius 3 is 2.50 bits per heavy atom. The van der Waals surface area contributed by atoms with Crippen molar-refractivity contribution in [1.82, 2.24) is 10.2 Å². The van der Waals surface area contributed by atoms with Crippen LogP contribution in [0.3, 0.4) is 0 Å². The van der Waals surface area contributed by atoms with Crippen molar-refractivity contribution < 1.29 is 0 Å². The zero-order valence-electron chi connectivity index (χ0n) is 11.0. The summed E-state index contributed by atoms with van der Waals surface area (Å²) in [5.74, 6) is 0.765. The molecule has 0 bridgehead atoms. The smallest absolute Gasteiger partial charge is 0.159 e. The summed E-state index contributed by atoms with van der Waals surface area (Å²) in [6.45, 7) is 4.18. The summed E-state index contributed by atoms with van der Waals surface area (Å²) in [7, 11) is 0. The Morgan fingerprint density at radius 2 is 2.06 bits per heavy atom. The van der Waals surface area contributed by atoms with Gasteiger partial charge < -0.3 is 11.1 Å². The van der Waals surface area contributed by atoms with Gasteiger partial charge in [-0.2, -0.15) is 5.10 Å². The zero-order valence-corrected chi connectivity index (χ0v) is 11.8. The second kappa shape index (κ2) is 5.61. The number of anilines is 1. The molecule has 0 radical (unpaired) electrons. The summed E-state index contributed by atoms with van der Waals surface area (Å²) in [6.07, 6.45) is 5.40. The van der Waals surface area contributed by atoms with Crippen LogP contribution in [0.2, 0.25) is 0 Å². The molecule has 1 heterocycles. The van der Waals surface area contributed by atoms with E-state index in [1.54, 1.807) is 0 Å². The molecule has 4 nitrogen and oxygen atoms in total. The quantitative estimate of drug-likeness (QED) is 0.798. The number of hydrogen-bond acceptors (Lipinski definition) is 4. The minimum Gasteiger partial charge on any atom is -0.389 e. The fourth-order valence-corrected chi connectivity index (χ4v) is 2.51. The minimum absolute atomic E-state index is 0.415. The molecule has 0 aromatic carbocycles. The second-order valence-corrected chi connectivity index (χ2v) is 5.13. The van der Waals surface area contributed by atoms with Crippen molar-refractivity contribution in [2.45, 2.75) is 52.0 Å². The van der Waals surface area contributed by atoms with Gasteiger partial charge in [0.25, 0.3) is 0 Å². The molecule has 1 aromatic rings. The van der Waals surface area contributed by atoms with Gasteiger partial charge in [0.05, 0.1) is 11.3 Å². The first-order valence-corrected chi connectivity index (χ1v) is 7.02. The van der Waals surface area contributed by atoms with Gasteiger partial charge >= 0.3 is 0 Å². The number of thiocarbonyl (C=S) groups is 1. The number of nitrogens with one attached hydrogen (secondary N) is 1. The SMILES string of the molecule is CCc1nnc(NC2CCC2)c(C(N)=S)c1CC. The van der Waals surface area contributed by atoms with Crippen molar-refractivity contribution in [3.63, 3.8) is 0 Å².